The molecule has 0 saturated heterocycles. The van der Waals surface area contributed by atoms with Crippen molar-refractivity contribution in [2.75, 3.05) is 0 Å². The highest BCUT2D eigenvalue weighted by Gasteiger charge is 2.26. The molecule has 0 bridgehead atoms. The lowest BCUT2D eigenvalue weighted by molar-refractivity contribution is 0.127. The summed E-state index contributed by atoms with van der Waals surface area (Å²) in [6.07, 6.45) is 0. The number of nitroso groups, excluding NO2 is 1. The van der Waals surface area contributed by atoms with Crippen molar-refractivity contribution in [3.63, 3.8) is 0 Å². The maximum absolute atomic E-state index is 11.8. The lowest BCUT2D eigenvalue weighted by Crippen LogP contribution is -2.25. The fourth-order valence-corrected chi connectivity index (χ4v) is 2.54. The Labute approximate surface area is 150 Å². The molecule has 2 rings (SSSR count). The molecule has 0 spiro atoms. The predicted octanol–water partition coefficient (Wildman–Crippen LogP) is 5.90. The number of rotatable bonds is 5. The fourth-order valence-electron chi connectivity index (χ4n) is 2.54. The van der Waals surface area contributed by atoms with Crippen LogP contribution in [0.2, 0.25) is 0 Å². The molecule has 0 fully saturated rings. The van der Waals surface area contributed by atoms with E-state index >= 15 is 0 Å². The first-order chi connectivity index (χ1) is 11.6. The Hall–Kier alpha value is -2.36. The van der Waals surface area contributed by atoms with Gasteiger partial charge in [-0.1, -0.05) is 41.6 Å². The van der Waals surface area contributed by atoms with Crippen molar-refractivity contribution >= 4 is 0 Å². The SMILES string of the molecule is CC(C)(C)Oc1ccccc1C(N=O)c1ccccc1OC(C)(C)C. The van der Waals surface area contributed by atoms with Crippen LogP contribution >= 0.6 is 0 Å². The zero-order chi connectivity index (χ0) is 18.7. The van der Waals surface area contributed by atoms with Crippen LogP contribution in [0.15, 0.2) is 53.7 Å². The van der Waals surface area contributed by atoms with Gasteiger partial charge in [-0.25, -0.2) is 0 Å². The molecule has 0 unspecified atom stereocenters. The monoisotopic (exact) mass is 341 g/mol. The summed E-state index contributed by atoms with van der Waals surface area (Å²) in [6.45, 7) is 11.9. The zero-order valence-electron chi connectivity index (χ0n) is 15.9. The van der Waals surface area contributed by atoms with Crippen LogP contribution in [0.25, 0.3) is 0 Å². The first-order valence-electron chi connectivity index (χ1n) is 8.49. The molecule has 4 nitrogen and oxygen atoms in total. The lowest BCUT2D eigenvalue weighted by atomic mass is 9.97. The van der Waals surface area contributed by atoms with Crippen molar-refractivity contribution < 1.29 is 9.47 Å². The first-order valence-corrected chi connectivity index (χ1v) is 8.49. The molecule has 25 heavy (non-hydrogen) atoms. The van der Waals surface area contributed by atoms with Gasteiger partial charge in [0.15, 0.2) is 0 Å². The minimum atomic E-state index is -0.697. The molecule has 0 aliphatic rings. The molecule has 4 heteroatoms. The van der Waals surface area contributed by atoms with E-state index in [-0.39, 0.29) is 11.2 Å². The molecule has 134 valence electrons. The Morgan fingerprint density at radius 3 is 1.40 bits per heavy atom. The summed E-state index contributed by atoms with van der Waals surface area (Å²) in [5.74, 6) is 1.32. The minimum absolute atomic E-state index is 0.370. The second-order valence-corrected chi connectivity index (χ2v) is 8.01. The van der Waals surface area contributed by atoms with Gasteiger partial charge in [-0.3, -0.25) is 0 Å². The normalized spacial score (nSPS) is 12.1. The van der Waals surface area contributed by atoms with Gasteiger partial charge in [0.1, 0.15) is 28.7 Å². The van der Waals surface area contributed by atoms with Gasteiger partial charge in [-0.15, -0.1) is 4.91 Å². The van der Waals surface area contributed by atoms with Crippen molar-refractivity contribution in [2.24, 2.45) is 5.18 Å². The summed E-state index contributed by atoms with van der Waals surface area (Å²) in [4.78, 5) is 11.8. The third kappa shape index (κ3) is 5.31. The molecule has 0 saturated carbocycles. The van der Waals surface area contributed by atoms with Crippen LogP contribution < -0.4 is 9.47 Å². The highest BCUT2D eigenvalue weighted by Crippen LogP contribution is 2.39. The van der Waals surface area contributed by atoms with E-state index in [0.717, 1.165) is 11.1 Å². The van der Waals surface area contributed by atoms with Crippen molar-refractivity contribution in [1.82, 2.24) is 0 Å². The molecule has 0 heterocycles. The quantitative estimate of drug-likeness (QED) is 0.636. The van der Waals surface area contributed by atoms with Gasteiger partial charge >= 0.3 is 0 Å². The molecule has 0 aliphatic heterocycles. The molecular formula is C21H27NO3. The third-order valence-electron chi connectivity index (χ3n) is 3.36. The van der Waals surface area contributed by atoms with E-state index in [1.807, 2.05) is 90.1 Å². The Bertz CT molecular complexity index is 667. The summed E-state index contributed by atoms with van der Waals surface area (Å²) in [5, 5.41) is 3.40. The second-order valence-electron chi connectivity index (χ2n) is 8.01. The van der Waals surface area contributed by atoms with Gasteiger partial charge in [0.25, 0.3) is 0 Å². The van der Waals surface area contributed by atoms with Crippen LogP contribution in [-0.2, 0) is 0 Å². The number of benzene rings is 2. The molecule has 0 amide bonds. The van der Waals surface area contributed by atoms with Crippen molar-refractivity contribution in [1.29, 1.82) is 0 Å². The number of hydrogen-bond donors (Lipinski definition) is 0. The van der Waals surface area contributed by atoms with Crippen molar-refractivity contribution in [2.45, 2.75) is 58.8 Å². The Morgan fingerprint density at radius 1 is 0.720 bits per heavy atom. The van der Waals surface area contributed by atoms with Crippen LogP contribution in [-0.4, -0.2) is 11.2 Å². The Kier molecular flexibility index (Phi) is 5.51. The van der Waals surface area contributed by atoms with E-state index in [9.17, 15) is 4.91 Å². The highest BCUT2D eigenvalue weighted by atomic mass is 16.5. The van der Waals surface area contributed by atoms with Gasteiger partial charge in [0, 0.05) is 11.1 Å². The van der Waals surface area contributed by atoms with E-state index in [0.29, 0.717) is 11.5 Å². The largest absolute Gasteiger partial charge is 0.488 e. The standard InChI is InChI=1S/C21H27NO3/c1-20(2,3)24-17-13-9-7-11-15(17)19(22-23)16-12-8-10-14-18(16)25-21(4,5)6/h7-14,19H,1-6H3. The zero-order valence-corrected chi connectivity index (χ0v) is 15.9. The Balaban J connectivity index is 2.51. The molecule has 0 radical (unpaired) electrons. The van der Waals surface area contributed by atoms with E-state index < -0.39 is 6.04 Å². The lowest BCUT2D eigenvalue weighted by Gasteiger charge is -2.26. The summed E-state index contributed by atoms with van der Waals surface area (Å²) in [6, 6.07) is 14.3. The summed E-state index contributed by atoms with van der Waals surface area (Å²) >= 11 is 0. The van der Waals surface area contributed by atoms with Crippen LogP contribution in [0.5, 0.6) is 11.5 Å². The van der Waals surface area contributed by atoms with E-state index in [4.69, 9.17) is 9.47 Å². The van der Waals surface area contributed by atoms with Gasteiger partial charge in [0.2, 0.25) is 0 Å². The van der Waals surface area contributed by atoms with E-state index in [1.165, 1.54) is 0 Å². The van der Waals surface area contributed by atoms with Crippen LogP contribution in [0.1, 0.15) is 58.7 Å². The third-order valence-corrected chi connectivity index (χ3v) is 3.36. The van der Waals surface area contributed by atoms with Crippen molar-refractivity contribution in [3.8, 4) is 11.5 Å². The first kappa shape index (κ1) is 19.0. The molecule has 0 atom stereocenters. The maximum atomic E-state index is 11.8. The molecule has 0 N–H and O–H groups in total. The predicted molar refractivity (Wildman–Crippen MR) is 101 cm³/mol. The molecule has 2 aromatic rings. The number of para-hydroxylation sites is 2. The number of hydrogen-bond acceptors (Lipinski definition) is 4. The number of nitrogens with zero attached hydrogens (tertiary/aromatic N) is 1. The topological polar surface area (TPSA) is 47.9 Å². The summed E-state index contributed by atoms with van der Waals surface area (Å²) in [5.41, 5.74) is 0.727. The summed E-state index contributed by atoms with van der Waals surface area (Å²) < 4.78 is 12.1. The average Bonchev–Trinajstić information content (AvgIpc) is 2.48. The van der Waals surface area contributed by atoms with Gasteiger partial charge in [0.05, 0.1) is 0 Å². The average molecular weight is 341 g/mol. The molecule has 0 aliphatic carbocycles. The smallest absolute Gasteiger partial charge is 0.149 e. The van der Waals surface area contributed by atoms with Crippen LogP contribution in [0, 0.1) is 4.91 Å². The van der Waals surface area contributed by atoms with Crippen LogP contribution in [0.4, 0.5) is 0 Å². The van der Waals surface area contributed by atoms with Crippen LogP contribution in [0.3, 0.4) is 0 Å². The second kappa shape index (κ2) is 7.26. The minimum Gasteiger partial charge on any atom is -0.488 e. The van der Waals surface area contributed by atoms with E-state index in [2.05, 4.69) is 5.18 Å². The van der Waals surface area contributed by atoms with Gasteiger partial charge < -0.3 is 9.47 Å². The van der Waals surface area contributed by atoms with Gasteiger partial charge in [-0.2, -0.15) is 0 Å². The maximum Gasteiger partial charge on any atom is 0.149 e. The van der Waals surface area contributed by atoms with Gasteiger partial charge in [-0.05, 0) is 53.7 Å². The fraction of sp³-hybridized carbons (Fsp3) is 0.429. The molecule has 2 aromatic carbocycles. The highest BCUT2D eigenvalue weighted by molar-refractivity contribution is 5.47. The Morgan fingerprint density at radius 2 is 1.08 bits per heavy atom. The molecule has 0 aromatic heterocycles. The molecular weight excluding hydrogens is 314 g/mol. The summed E-state index contributed by atoms with van der Waals surface area (Å²) in [7, 11) is 0. The van der Waals surface area contributed by atoms with E-state index in [1.54, 1.807) is 0 Å². The number of ether oxygens (including phenoxy) is 2. The van der Waals surface area contributed by atoms with Crippen molar-refractivity contribution in [3.05, 3.63) is 64.6 Å².